The number of halogens is 1. The Hall–Kier alpha value is -2.03. The SMILES string of the molecule is Cc1c(Cl)cccc1-c1ccc(CN[C@@H](C)c2ccccc2)o1. The standard InChI is InChI=1S/C20H20ClNO/c1-14-18(9-6-10-19(14)21)20-12-11-17(23-20)13-22-15(2)16-7-4-3-5-8-16/h3-12,15,22H,13H2,1-2H3/t15-/m0/s1. The number of hydrogen-bond donors (Lipinski definition) is 1. The van der Waals surface area contributed by atoms with Crippen molar-refractivity contribution in [2.24, 2.45) is 0 Å². The molecule has 0 fully saturated rings. The second-order valence-corrected chi connectivity index (χ2v) is 6.10. The zero-order chi connectivity index (χ0) is 16.2. The van der Waals surface area contributed by atoms with Gasteiger partial charge in [0.05, 0.1) is 6.54 Å². The lowest BCUT2D eigenvalue weighted by atomic mass is 10.1. The Morgan fingerprint density at radius 3 is 2.57 bits per heavy atom. The molecule has 3 rings (SSSR count). The van der Waals surface area contributed by atoms with E-state index >= 15 is 0 Å². The summed E-state index contributed by atoms with van der Waals surface area (Å²) in [7, 11) is 0. The highest BCUT2D eigenvalue weighted by Gasteiger charge is 2.10. The van der Waals surface area contributed by atoms with Gasteiger partial charge in [-0.1, -0.05) is 54.1 Å². The summed E-state index contributed by atoms with van der Waals surface area (Å²) in [6.45, 7) is 4.85. The number of hydrogen-bond acceptors (Lipinski definition) is 2. The molecule has 3 heteroatoms. The van der Waals surface area contributed by atoms with Crippen LogP contribution in [0.15, 0.2) is 65.1 Å². The predicted octanol–water partition coefficient (Wildman–Crippen LogP) is 5.76. The number of rotatable bonds is 5. The van der Waals surface area contributed by atoms with Gasteiger partial charge in [-0.05, 0) is 43.2 Å². The van der Waals surface area contributed by atoms with Gasteiger partial charge >= 0.3 is 0 Å². The van der Waals surface area contributed by atoms with Crippen LogP contribution in [-0.4, -0.2) is 0 Å². The molecule has 0 aliphatic rings. The molecular weight excluding hydrogens is 306 g/mol. The largest absolute Gasteiger partial charge is 0.460 e. The quantitative estimate of drug-likeness (QED) is 0.645. The van der Waals surface area contributed by atoms with Crippen LogP contribution in [0.4, 0.5) is 0 Å². The molecule has 1 aromatic heterocycles. The fourth-order valence-electron chi connectivity index (χ4n) is 2.61. The maximum absolute atomic E-state index is 6.19. The van der Waals surface area contributed by atoms with Crippen molar-refractivity contribution in [1.82, 2.24) is 5.32 Å². The Bertz CT molecular complexity index is 779. The van der Waals surface area contributed by atoms with Gasteiger partial charge in [-0.15, -0.1) is 0 Å². The fourth-order valence-corrected chi connectivity index (χ4v) is 2.78. The molecule has 0 saturated heterocycles. The van der Waals surface area contributed by atoms with Crippen molar-refractivity contribution in [2.75, 3.05) is 0 Å². The molecule has 1 heterocycles. The van der Waals surface area contributed by atoms with Gasteiger partial charge in [-0.25, -0.2) is 0 Å². The summed E-state index contributed by atoms with van der Waals surface area (Å²) in [5, 5.41) is 4.25. The third kappa shape index (κ3) is 3.66. The van der Waals surface area contributed by atoms with Gasteiger partial charge in [0.2, 0.25) is 0 Å². The lowest BCUT2D eigenvalue weighted by Gasteiger charge is -2.13. The van der Waals surface area contributed by atoms with Crippen LogP contribution in [0.5, 0.6) is 0 Å². The van der Waals surface area contributed by atoms with Crippen molar-refractivity contribution < 1.29 is 4.42 Å². The zero-order valence-corrected chi connectivity index (χ0v) is 14.1. The summed E-state index contributed by atoms with van der Waals surface area (Å²) in [6.07, 6.45) is 0. The highest BCUT2D eigenvalue weighted by molar-refractivity contribution is 6.31. The Labute approximate surface area is 142 Å². The maximum Gasteiger partial charge on any atom is 0.134 e. The number of nitrogens with one attached hydrogen (secondary N) is 1. The molecule has 1 N–H and O–H groups in total. The van der Waals surface area contributed by atoms with Crippen molar-refractivity contribution in [1.29, 1.82) is 0 Å². The van der Waals surface area contributed by atoms with E-state index in [9.17, 15) is 0 Å². The third-order valence-corrected chi connectivity index (χ3v) is 4.49. The number of furan rings is 1. The van der Waals surface area contributed by atoms with E-state index in [0.29, 0.717) is 6.54 Å². The van der Waals surface area contributed by atoms with Crippen LogP contribution < -0.4 is 5.32 Å². The molecule has 23 heavy (non-hydrogen) atoms. The summed E-state index contributed by atoms with van der Waals surface area (Å²) < 4.78 is 5.97. The second kappa shape index (κ2) is 7.03. The Balaban J connectivity index is 1.69. The van der Waals surface area contributed by atoms with E-state index in [1.54, 1.807) is 0 Å². The molecule has 2 nitrogen and oxygen atoms in total. The molecule has 0 aliphatic carbocycles. The van der Waals surface area contributed by atoms with Crippen LogP contribution in [0.3, 0.4) is 0 Å². The molecule has 1 atom stereocenters. The minimum absolute atomic E-state index is 0.276. The first-order chi connectivity index (χ1) is 11.1. The molecule has 0 spiro atoms. The van der Waals surface area contributed by atoms with Crippen molar-refractivity contribution in [2.45, 2.75) is 26.4 Å². The summed E-state index contributed by atoms with van der Waals surface area (Å²) >= 11 is 6.19. The minimum Gasteiger partial charge on any atom is -0.460 e. The molecule has 2 aromatic carbocycles. The monoisotopic (exact) mass is 325 g/mol. The normalized spacial score (nSPS) is 12.3. The molecule has 0 saturated carbocycles. The highest BCUT2D eigenvalue weighted by Crippen LogP contribution is 2.29. The molecular formula is C20H20ClNO. The molecule has 0 amide bonds. The molecule has 0 bridgehead atoms. The van der Waals surface area contributed by atoms with E-state index < -0.39 is 0 Å². The molecule has 3 aromatic rings. The van der Waals surface area contributed by atoms with Crippen molar-refractivity contribution in [3.63, 3.8) is 0 Å². The smallest absolute Gasteiger partial charge is 0.134 e. The lowest BCUT2D eigenvalue weighted by molar-refractivity contribution is 0.468. The lowest BCUT2D eigenvalue weighted by Crippen LogP contribution is -2.17. The van der Waals surface area contributed by atoms with E-state index in [2.05, 4.69) is 36.5 Å². The molecule has 0 radical (unpaired) electrons. The van der Waals surface area contributed by atoms with E-state index in [0.717, 1.165) is 27.7 Å². The van der Waals surface area contributed by atoms with Gasteiger partial charge in [0.1, 0.15) is 11.5 Å². The summed E-state index contributed by atoms with van der Waals surface area (Å²) in [5.41, 5.74) is 3.35. The van der Waals surface area contributed by atoms with Crippen LogP contribution in [-0.2, 0) is 6.54 Å². The predicted molar refractivity (Wildman–Crippen MR) is 95.6 cm³/mol. The van der Waals surface area contributed by atoms with Crippen LogP contribution in [0.1, 0.15) is 29.9 Å². The summed E-state index contributed by atoms with van der Waals surface area (Å²) in [6, 6.07) is 20.6. The van der Waals surface area contributed by atoms with Gasteiger partial charge in [0, 0.05) is 16.6 Å². The first-order valence-electron chi connectivity index (χ1n) is 7.77. The van der Waals surface area contributed by atoms with E-state index in [1.807, 2.05) is 43.3 Å². The minimum atomic E-state index is 0.276. The van der Waals surface area contributed by atoms with Crippen molar-refractivity contribution in [3.8, 4) is 11.3 Å². The summed E-state index contributed by atoms with van der Waals surface area (Å²) in [4.78, 5) is 0. The van der Waals surface area contributed by atoms with Gasteiger partial charge in [0.15, 0.2) is 0 Å². The molecule has 0 unspecified atom stereocenters. The van der Waals surface area contributed by atoms with Crippen LogP contribution in [0.25, 0.3) is 11.3 Å². The van der Waals surface area contributed by atoms with Gasteiger partial charge < -0.3 is 9.73 Å². The first kappa shape index (κ1) is 15.9. The van der Waals surface area contributed by atoms with E-state index in [1.165, 1.54) is 5.56 Å². The van der Waals surface area contributed by atoms with Gasteiger partial charge in [-0.3, -0.25) is 0 Å². The van der Waals surface area contributed by atoms with Crippen molar-refractivity contribution >= 4 is 11.6 Å². The van der Waals surface area contributed by atoms with Crippen LogP contribution in [0.2, 0.25) is 5.02 Å². The van der Waals surface area contributed by atoms with Gasteiger partial charge in [0.25, 0.3) is 0 Å². The fraction of sp³-hybridized carbons (Fsp3) is 0.200. The van der Waals surface area contributed by atoms with Crippen LogP contribution in [0, 0.1) is 6.92 Å². The molecule has 0 aliphatic heterocycles. The average molecular weight is 326 g/mol. The van der Waals surface area contributed by atoms with Crippen molar-refractivity contribution in [3.05, 3.63) is 82.6 Å². The van der Waals surface area contributed by atoms with Crippen LogP contribution >= 0.6 is 11.6 Å². The summed E-state index contributed by atoms with van der Waals surface area (Å²) in [5.74, 6) is 1.77. The topological polar surface area (TPSA) is 25.2 Å². The van der Waals surface area contributed by atoms with E-state index in [4.69, 9.17) is 16.0 Å². The Morgan fingerprint density at radius 2 is 1.78 bits per heavy atom. The zero-order valence-electron chi connectivity index (χ0n) is 13.3. The highest BCUT2D eigenvalue weighted by atomic mass is 35.5. The average Bonchev–Trinajstić information content (AvgIpc) is 3.04. The molecule has 118 valence electrons. The third-order valence-electron chi connectivity index (χ3n) is 4.08. The first-order valence-corrected chi connectivity index (χ1v) is 8.15. The Kier molecular flexibility index (Phi) is 4.85. The maximum atomic E-state index is 6.19. The second-order valence-electron chi connectivity index (χ2n) is 5.69. The number of benzene rings is 2. The van der Waals surface area contributed by atoms with E-state index in [-0.39, 0.29) is 6.04 Å². The van der Waals surface area contributed by atoms with Gasteiger partial charge in [-0.2, -0.15) is 0 Å². The Morgan fingerprint density at radius 1 is 1.00 bits per heavy atom.